The highest BCUT2D eigenvalue weighted by Gasteiger charge is 2.20. The summed E-state index contributed by atoms with van der Waals surface area (Å²) in [5, 5.41) is 10.1. The van der Waals surface area contributed by atoms with Crippen LogP contribution in [0.4, 0.5) is 0 Å². The fourth-order valence-electron chi connectivity index (χ4n) is 2.18. The van der Waals surface area contributed by atoms with E-state index in [-0.39, 0.29) is 0 Å². The third kappa shape index (κ3) is 2.99. The molecule has 1 aromatic carbocycles. The van der Waals surface area contributed by atoms with Crippen molar-refractivity contribution in [3.05, 3.63) is 29.3 Å². The zero-order valence-corrected chi connectivity index (χ0v) is 10.3. The van der Waals surface area contributed by atoms with Gasteiger partial charge in [0.2, 0.25) is 0 Å². The lowest BCUT2D eigenvalue weighted by atomic mass is 10.0. The molecule has 0 saturated carbocycles. The second kappa shape index (κ2) is 6.03. The van der Waals surface area contributed by atoms with Crippen molar-refractivity contribution in [2.24, 2.45) is 0 Å². The summed E-state index contributed by atoms with van der Waals surface area (Å²) in [7, 11) is 0. The second-order valence-corrected chi connectivity index (χ2v) is 4.29. The average Bonchev–Trinajstić information content (AvgIpc) is 2.82. The summed E-state index contributed by atoms with van der Waals surface area (Å²) in [6.45, 7) is 4.16. The van der Waals surface area contributed by atoms with Gasteiger partial charge in [-0.05, 0) is 25.3 Å². The molecule has 0 amide bonds. The Kier molecular flexibility index (Phi) is 4.40. The predicted octanol–water partition coefficient (Wildman–Crippen LogP) is 2.47. The van der Waals surface area contributed by atoms with Gasteiger partial charge in [0.15, 0.2) is 0 Å². The summed E-state index contributed by atoms with van der Waals surface area (Å²) in [6, 6.07) is 6.02. The van der Waals surface area contributed by atoms with Crippen molar-refractivity contribution in [3.63, 3.8) is 0 Å². The predicted molar refractivity (Wildman–Crippen MR) is 66.3 cm³/mol. The quantitative estimate of drug-likeness (QED) is 0.771. The van der Waals surface area contributed by atoms with Gasteiger partial charge in [-0.3, -0.25) is 0 Å². The summed E-state index contributed by atoms with van der Waals surface area (Å²) in [5.74, 6) is 0.899. The minimum atomic E-state index is -0.441. The minimum Gasteiger partial charge on any atom is -0.493 e. The summed E-state index contributed by atoms with van der Waals surface area (Å²) in [6.07, 6.45) is 2.11. The van der Waals surface area contributed by atoms with E-state index in [1.54, 1.807) is 0 Å². The van der Waals surface area contributed by atoms with Gasteiger partial charge in [-0.15, -0.1) is 0 Å². The van der Waals surface area contributed by atoms with Crippen molar-refractivity contribution in [2.45, 2.75) is 32.3 Å². The van der Waals surface area contributed by atoms with Crippen LogP contribution in [0.2, 0.25) is 0 Å². The molecular weight excluding hydrogens is 216 g/mol. The first kappa shape index (κ1) is 12.4. The van der Waals surface area contributed by atoms with Gasteiger partial charge in [0.05, 0.1) is 12.7 Å². The Balaban J connectivity index is 1.95. The fourth-order valence-corrected chi connectivity index (χ4v) is 2.18. The van der Waals surface area contributed by atoms with Crippen LogP contribution in [-0.2, 0) is 11.2 Å². The summed E-state index contributed by atoms with van der Waals surface area (Å²) >= 11 is 0. The average molecular weight is 236 g/mol. The summed E-state index contributed by atoms with van der Waals surface area (Å²) in [4.78, 5) is 0. The molecule has 0 spiro atoms. The van der Waals surface area contributed by atoms with Crippen LogP contribution in [0.15, 0.2) is 18.2 Å². The van der Waals surface area contributed by atoms with E-state index >= 15 is 0 Å². The molecule has 0 fully saturated rings. The Hall–Kier alpha value is -1.06. The highest BCUT2D eigenvalue weighted by atomic mass is 16.5. The van der Waals surface area contributed by atoms with Gasteiger partial charge in [-0.2, -0.15) is 0 Å². The molecule has 94 valence electrons. The molecule has 1 aliphatic heterocycles. The lowest BCUT2D eigenvalue weighted by molar-refractivity contribution is 0.113. The zero-order valence-electron chi connectivity index (χ0n) is 10.3. The number of rotatable bonds is 6. The molecule has 3 nitrogen and oxygen atoms in total. The number of benzene rings is 1. The van der Waals surface area contributed by atoms with Gasteiger partial charge in [0.1, 0.15) is 5.75 Å². The van der Waals surface area contributed by atoms with Gasteiger partial charge in [0, 0.05) is 25.2 Å². The standard InChI is InChI=1S/C14H20O3/c1-2-16-9-4-7-13(15)12-6-3-5-11-8-10-17-14(11)12/h3,5-6,13,15H,2,4,7-10H2,1H3. The molecule has 17 heavy (non-hydrogen) atoms. The SMILES string of the molecule is CCOCCCC(O)c1cccc2c1OCC2. The second-order valence-electron chi connectivity index (χ2n) is 4.29. The van der Waals surface area contributed by atoms with Gasteiger partial charge < -0.3 is 14.6 Å². The number of hydrogen-bond acceptors (Lipinski definition) is 3. The first-order chi connectivity index (χ1) is 8.33. The van der Waals surface area contributed by atoms with Crippen molar-refractivity contribution in [1.29, 1.82) is 0 Å². The Morgan fingerprint density at radius 3 is 3.18 bits per heavy atom. The van der Waals surface area contributed by atoms with Crippen molar-refractivity contribution in [1.82, 2.24) is 0 Å². The Morgan fingerprint density at radius 1 is 1.47 bits per heavy atom. The molecule has 0 aromatic heterocycles. The van der Waals surface area contributed by atoms with Crippen LogP contribution in [0.1, 0.15) is 37.0 Å². The number of fused-ring (bicyclic) bond motifs is 1. The third-order valence-corrected chi connectivity index (χ3v) is 3.07. The molecule has 0 radical (unpaired) electrons. The molecule has 1 aromatic rings. The first-order valence-corrected chi connectivity index (χ1v) is 6.33. The van der Waals surface area contributed by atoms with Crippen LogP contribution in [0.3, 0.4) is 0 Å². The molecule has 3 heteroatoms. The van der Waals surface area contributed by atoms with E-state index in [1.165, 1.54) is 5.56 Å². The van der Waals surface area contributed by atoms with E-state index in [1.807, 2.05) is 19.1 Å². The van der Waals surface area contributed by atoms with E-state index in [0.29, 0.717) is 6.61 Å². The van der Waals surface area contributed by atoms with Crippen LogP contribution in [0.25, 0.3) is 0 Å². The lowest BCUT2D eigenvalue weighted by Gasteiger charge is -2.14. The molecular formula is C14H20O3. The molecule has 0 aliphatic carbocycles. The largest absolute Gasteiger partial charge is 0.493 e. The number of ether oxygens (including phenoxy) is 2. The monoisotopic (exact) mass is 236 g/mol. The van der Waals surface area contributed by atoms with E-state index in [9.17, 15) is 5.11 Å². The van der Waals surface area contributed by atoms with Gasteiger partial charge in [0.25, 0.3) is 0 Å². The minimum absolute atomic E-state index is 0.441. The topological polar surface area (TPSA) is 38.7 Å². The van der Waals surface area contributed by atoms with Crippen LogP contribution < -0.4 is 4.74 Å². The number of para-hydroxylation sites is 1. The van der Waals surface area contributed by atoms with Crippen LogP contribution in [0, 0.1) is 0 Å². The van der Waals surface area contributed by atoms with Gasteiger partial charge in [-0.1, -0.05) is 18.2 Å². The highest BCUT2D eigenvalue weighted by molar-refractivity contribution is 5.45. The van der Waals surface area contributed by atoms with Crippen LogP contribution >= 0.6 is 0 Å². The van der Waals surface area contributed by atoms with Crippen molar-refractivity contribution >= 4 is 0 Å². The van der Waals surface area contributed by atoms with E-state index in [0.717, 1.165) is 43.8 Å². The maximum atomic E-state index is 10.1. The van der Waals surface area contributed by atoms with Crippen molar-refractivity contribution in [3.8, 4) is 5.75 Å². The van der Waals surface area contributed by atoms with E-state index in [2.05, 4.69) is 6.07 Å². The molecule has 1 N–H and O–H groups in total. The maximum Gasteiger partial charge on any atom is 0.128 e. The van der Waals surface area contributed by atoms with E-state index < -0.39 is 6.10 Å². The molecule has 1 atom stereocenters. The van der Waals surface area contributed by atoms with Crippen molar-refractivity contribution < 1.29 is 14.6 Å². The molecule has 0 bridgehead atoms. The Morgan fingerprint density at radius 2 is 2.35 bits per heavy atom. The number of hydrogen-bond donors (Lipinski definition) is 1. The maximum absolute atomic E-state index is 10.1. The fraction of sp³-hybridized carbons (Fsp3) is 0.571. The Bertz CT molecular complexity index is 362. The normalized spacial score (nSPS) is 15.4. The molecule has 2 rings (SSSR count). The molecule has 1 heterocycles. The summed E-state index contributed by atoms with van der Waals surface area (Å²) < 4.78 is 10.9. The smallest absolute Gasteiger partial charge is 0.128 e. The summed E-state index contributed by atoms with van der Waals surface area (Å²) in [5.41, 5.74) is 2.14. The van der Waals surface area contributed by atoms with Gasteiger partial charge in [-0.25, -0.2) is 0 Å². The zero-order chi connectivity index (χ0) is 12.1. The molecule has 1 unspecified atom stereocenters. The van der Waals surface area contributed by atoms with Crippen LogP contribution in [-0.4, -0.2) is 24.9 Å². The first-order valence-electron chi connectivity index (χ1n) is 6.33. The number of aliphatic hydroxyl groups excluding tert-OH is 1. The molecule has 0 saturated heterocycles. The van der Waals surface area contributed by atoms with Gasteiger partial charge >= 0.3 is 0 Å². The van der Waals surface area contributed by atoms with Crippen LogP contribution in [0.5, 0.6) is 5.75 Å². The van der Waals surface area contributed by atoms with E-state index in [4.69, 9.17) is 9.47 Å². The highest BCUT2D eigenvalue weighted by Crippen LogP contribution is 2.34. The lowest BCUT2D eigenvalue weighted by Crippen LogP contribution is -2.03. The number of aliphatic hydroxyl groups is 1. The third-order valence-electron chi connectivity index (χ3n) is 3.07. The van der Waals surface area contributed by atoms with Crippen molar-refractivity contribution in [2.75, 3.05) is 19.8 Å². The Labute approximate surface area is 102 Å². The molecule has 1 aliphatic rings.